The molecule has 0 saturated carbocycles. The Balaban J connectivity index is 1.67. The number of carbonyl (C=O) groups is 2. The fraction of sp³-hybridized carbons (Fsp3) is 0.318. The largest absolute Gasteiger partial charge is 0.357 e. The normalized spacial score (nSPS) is 15.9. The van der Waals surface area contributed by atoms with Crippen LogP contribution in [0.1, 0.15) is 30.0 Å². The van der Waals surface area contributed by atoms with Crippen LogP contribution in [0, 0.1) is 28.9 Å². The molecule has 1 heterocycles. The number of nitrogens with zero attached hydrogens (tertiary/aromatic N) is 2. The van der Waals surface area contributed by atoms with E-state index in [1.54, 1.807) is 0 Å². The first-order valence-corrected chi connectivity index (χ1v) is 11.6. The Morgan fingerprint density at radius 1 is 1.09 bits per heavy atom. The van der Waals surface area contributed by atoms with E-state index >= 15 is 0 Å². The van der Waals surface area contributed by atoms with E-state index in [0.29, 0.717) is 5.56 Å². The van der Waals surface area contributed by atoms with E-state index in [9.17, 15) is 26.8 Å². The van der Waals surface area contributed by atoms with Crippen LogP contribution < -0.4 is 10.6 Å². The minimum atomic E-state index is -3.78. The summed E-state index contributed by atoms with van der Waals surface area (Å²) >= 11 is 0. The van der Waals surface area contributed by atoms with Gasteiger partial charge in [-0.25, -0.2) is 17.2 Å². The van der Waals surface area contributed by atoms with Crippen molar-refractivity contribution in [1.82, 2.24) is 14.9 Å². The average molecular weight is 477 g/mol. The maximum Gasteiger partial charge on any atom is 0.246 e. The van der Waals surface area contributed by atoms with Gasteiger partial charge in [0, 0.05) is 26.1 Å². The van der Waals surface area contributed by atoms with Crippen molar-refractivity contribution in [3.63, 3.8) is 0 Å². The minimum Gasteiger partial charge on any atom is -0.357 e. The van der Waals surface area contributed by atoms with Gasteiger partial charge >= 0.3 is 0 Å². The van der Waals surface area contributed by atoms with Gasteiger partial charge in [0.1, 0.15) is 6.04 Å². The minimum absolute atomic E-state index is 0.0578. The van der Waals surface area contributed by atoms with Gasteiger partial charge < -0.3 is 10.6 Å². The summed E-state index contributed by atoms with van der Waals surface area (Å²) in [6.45, 7) is 0.187. The molecule has 1 aliphatic heterocycles. The van der Waals surface area contributed by atoms with Crippen molar-refractivity contribution in [2.45, 2.75) is 23.8 Å². The molecule has 2 amide bonds. The van der Waals surface area contributed by atoms with Crippen LogP contribution in [0.3, 0.4) is 0 Å². The van der Waals surface area contributed by atoms with Crippen LogP contribution in [0.5, 0.6) is 0 Å². The predicted molar refractivity (Wildman–Crippen MR) is 114 cm³/mol. The number of halogens is 2. The number of likely N-dealkylation sites (N-methyl/N-ethyl adjacent to an activating group) is 1. The predicted octanol–water partition coefficient (Wildman–Crippen LogP) is 1.84. The lowest BCUT2D eigenvalue weighted by molar-refractivity contribution is -0.131. The number of hydrogen-bond donors (Lipinski definition) is 2. The summed E-state index contributed by atoms with van der Waals surface area (Å²) in [5.41, 5.74) is 0.429. The number of piperidine rings is 1. The number of nitrogens with one attached hydrogen (secondary N) is 2. The first kappa shape index (κ1) is 24.3. The SMILES string of the molecule is CNC(=O)C(NC(=O)C1CCN(S(=O)(=O)c2ccc(C#N)cc2)CC1)c1ccc(F)c(F)c1. The van der Waals surface area contributed by atoms with Gasteiger partial charge in [-0.1, -0.05) is 6.07 Å². The van der Waals surface area contributed by atoms with Crippen LogP contribution in [-0.2, 0) is 19.6 Å². The maximum atomic E-state index is 13.6. The maximum absolute atomic E-state index is 13.6. The van der Waals surface area contributed by atoms with Gasteiger partial charge in [0.25, 0.3) is 0 Å². The molecule has 0 aliphatic carbocycles. The monoisotopic (exact) mass is 476 g/mol. The fourth-order valence-corrected chi connectivity index (χ4v) is 5.08. The summed E-state index contributed by atoms with van der Waals surface area (Å²) in [5, 5.41) is 13.8. The van der Waals surface area contributed by atoms with E-state index < -0.39 is 45.4 Å². The molecular formula is C22H22F2N4O4S. The first-order valence-electron chi connectivity index (χ1n) is 10.1. The Bertz CT molecular complexity index is 1190. The van der Waals surface area contributed by atoms with E-state index in [1.165, 1.54) is 41.7 Å². The van der Waals surface area contributed by atoms with E-state index in [4.69, 9.17) is 5.26 Å². The molecule has 11 heteroatoms. The summed E-state index contributed by atoms with van der Waals surface area (Å²) in [6, 6.07) is 9.21. The van der Waals surface area contributed by atoms with Crippen LogP contribution in [0.2, 0.25) is 0 Å². The Labute approximate surface area is 190 Å². The van der Waals surface area contributed by atoms with Crippen LogP contribution in [0.25, 0.3) is 0 Å². The molecule has 0 bridgehead atoms. The van der Waals surface area contributed by atoms with E-state index in [1.807, 2.05) is 6.07 Å². The van der Waals surface area contributed by atoms with Crippen molar-refractivity contribution in [2.75, 3.05) is 20.1 Å². The summed E-state index contributed by atoms with van der Waals surface area (Å²) in [7, 11) is -2.42. The lowest BCUT2D eigenvalue weighted by Gasteiger charge is -2.31. The molecule has 2 aromatic rings. The number of amides is 2. The quantitative estimate of drug-likeness (QED) is 0.659. The van der Waals surface area contributed by atoms with Crippen molar-refractivity contribution in [3.05, 3.63) is 65.2 Å². The van der Waals surface area contributed by atoms with Crippen molar-refractivity contribution >= 4 is 21.8 Å². The second kappa shape index (κ2) is 10.1. The molecule has 0 radical (unpaired) electrons. The van der Waals surface area contributed by atoms with Crippen LogP contribution in [-0.4, -0.2) is 44.7 Å². The van der Waals surface area contributed by atoms with Crippen molar-refractivity contribution in [3.8, 4) is 6.07 Å². The Morgan fingerprint density at radius 2 is 1.73 bits per heavy atom. The molecule has 174 valence electrons. The highest BCUT2D eigenvalue weighted by molar-refractivity contribution is 7.89. The third kappa shape index (κ3) is 5.35. The highest BCUT2D eigenvalue weighted by Crippen LogP contribution is 2.25. The second-order valence-electron chi connectivity index (χ2n) is 7.54. The third-order valence-electron chi connectivity index (χ3n) is 5.52. The van der Waals surface area contributed by atoms with Crippen molar-refractivity contribution in [2.24, 2.45) is 5.92 Å². The van der Waals surface area contributed by atoms with Crippen LogP contribution >= 0.6 is 0 Å². The molecule has 1 unspecified atom stereocenters. The van der Waals surface area contributed by atoms with E-state index in [2.05, 4.69) is 10.6 Å². The average Bonchev–Trinajstić information content (AvgIpc) is 2.83. The lowest BCUT2D eigenvalue weighted by Crippen LogP contribution is -2.46. The number of benzene rings is 2. The van der Waals surface area contributed by atoms with Gasteiger partial charge in [-0.2, -0.15) is 9.57 Å². The number of carbonyl (C=O) groups excluding carboxylic acids is 2. The van der Waals surface area contributed by atoms with Gasteiger partial charge in [-0.15, -0.1) is 0 Å². The topological polar surface area (TPSA) is 119 Å². The van der Waals surface area contributed by atoms with Gasteiger partial charge in [-0.3, -0.25) is 9.59 Å². The Morgan fingerprint density at radius 3 is 2.27 bits per heavy atom. The van der Waals surface area contributed by atoms with E-state index in [0.717, 1.165) is 12.1 Å². The van der Waals surface area contributed by atoms with E-state index in [-0.39, 0.29) is 36.4 Å². The Kier molecular flexibility index (Phi) is 7.40. The molecule has 1 fully saturated rings. The molecule has 2 aromatic carbocycles. The molecule has 0 aromatic heterocycles. The summed E-state index contributed by atoms with van der Waals surface area (Å²) in [4.78, 5) is 25.1. The zero-order valence-electron chi connectivity index (χ0n) is 17.7. The van der Waals surface area contributed by atoms with Crippen LogP contribution in [0.15, 0.2) is 47.4 Å². The Hall–Kier alpha value is -3.36. The van der Waals surface area contributed by atoms with Gasteiger partial charge in [-0.05, 0) is 54.8 Å². The molecule has 0 spiro atoms. The number of hydrogen-bond acceptors (Lipinski definition) is 5. The molecule has 8 nitrogen and oxygen atoms in total. The van der Waals surface area contributed by atoms with Gasteiger partial charge in [0.15, 0.2) is 11.6 Å². The van der Waals surface area contributed by atoms with Gasteiger partial charge in [0.2, 0.25) is 21.8 Å². The standard InChI is InChI=1S/C22H22F2N4O4S/c1-26-22(30)20(16-4-7-18(23)19(24)12-16)27-21(29)15-8-10-28(11-9-15)33(31,32)17-5-2-14(13-25)3-6-17/h2-7,12,15,20H,8-11H2,1H3,(H,26,30)(H,27,29). The van der Waals surface area contributed by atoms with Gasteiger partial charge in [0.05, 0.1) is 16.5 Å². The number of rotatable bonds is 6. The molecular weight excluding hydrogens is 454 g/mol. The molecule has 1 atom stereocenters. The zero-order valence-corrected chi connectivity index (χ0v) is 18.5. The number of nitriles is 1. The third-order valence-corrected chi connectivity index (χ3v) is 7.43. The first-order chi connectivity index (χ1) is 15.7. The molecule has 1 saturated heterocycles. The zero-order chi connectivity index (χ0) is 24.2. The molecule has 1 aliphatic rings. The molecule has 3 rings (SSSR count). The highest BCUT2D eigenvalue weighted by Gasteiger charge is 2.34. The molecule has 2 N–H and O–H groups in total. The summed E-state index contributed by atoms with van der Waals surface area (Å²) in [6.07, 6.45) is 0.444. The lowest BCUT2D eigenvalue weighted by atomic mass is 9.96. The number of sulfonamides is 1. The summed E-state index contributed by atoms with van der Waals surface area (Å²) < 4.78 is 53.8. The fourth-order valence-electron chi connectivity index (χ4n) is 3.61. The van der Waals surface area contributed by atoms with Crippen molar-refractivity contribution in [1.29, 1.82) is 5.26 Å². The smallest absolute Gasteiger partial charge is 0.246 e. The molecule has 33 heavy (non-hydrogen) atoms. The van der Waals surface area contributed by atoms with Crippen molar-refractivity contribution < 1.29 is 26.8 Å². The highest BCUT2D eigenvalue weighted by atomic mass is 32.2. The summed E-state index contributed by atoms with van der Waals surface area (Å²) in [5.74, 6) is -3.86. The van der Waals surface area contributed by atoms with Crippen LogP contribution in [0.4, 0.5) is 8.78 Å². The second-order valence-corrected chi connectivity index (χ2v) is 9.48.